The number of carbonyl (C=O) groups excluding carboxylic acids is 2. The first-order valence-electron chi connectivity index (χ1n) is 9.64. The third kappa shape index (κ3) is 4.27. The van der Waals surface area contributed by atoms with E-state index < -0.39 is 5.82 Å². The number of halogens is 2. The molecule has 3 N–H and O–H groups in total. The van der Waals surface area contributed by atoms with Gasteiger partial charge in [-0.25, -0.2) is 4.39 Å². The first-order chi connectivity index (χ1) is 14.0. The maximum absolute atomic E-state index is 13.1. The van der Waals surface area contributed by atoms with E-state index in [1.54, 1.807) is 6.20 Å². The van der Waals surface area contributed by atoms with Crippen LogP contribution in [0.3, 0.4) is 0 Å². The second kappa shape index (κ2) is 8.25. The summed E-state index contributed by atoms with van der Waals surface area (Å²) in [4.78, 5) is 28.3. The minimum atomic E-state index is -0.445. The lowest BCUT2D eigenvalue weighted by molar-refractivity contribution is -0.120. The molecule has 4 rings (SSSR count). The number of anilines is 1. The molecular weight excluding hydrogens is 393 g/mol. The van der Waals surface area contributed by atoms with Crippen LogP contribution in [-0.2, 0) is 4.79 Å². The van der Waals surface area contributed by atoms with E-state index in [2.05, 4.69) is 15.6 Å². The second-order valence-corrected chi connectivity index (χ2v) is 7.79. The maximum Gasteiger partial charge on any atom is 0.253 e. The van der Waals surface area contributed by atoms with Crippen LogP contribution in [-0.4, -0.2) is 22.8 Å². The van der Waals surface area contributed by atoms with Gasteiger partial charge in [0.25, 0.3) is 5.91 Å². The topological polar surface area (TPSA) is 74.0 Å². The number of benzene rings is 2. The standard InChI is InChI=1S/C22H21ClFN3O2/c23-18-11-14(24)7-10-20(18)27-21(28)13-5-8-15(9-6-13)26-22(29)17-12-25-19-4-2-1-3-16(17)19/h1-4,7,10-13,15,25H,5-6,8-9H2,(H,26,29)(H,27,28). The summed E-state index contributed by atoms with van der Waals surface area (Å²) in [6.45, 7) is 0. The molecule has 0 aliphatic heterocycles. The Hall–Kier alpha value is -2.86. The van der Waals surface area contributed by atoms with Crippen LogP contribution < -0.4 is 10.6 Å². The summed E-state index contributed by atoms with van der Waals surface area (Å²) in [6, 6.07) is 11.6. The molecule has 2 amide bonds. The monoisotopic (exact) mass is 413 g/mol. The van der Waals surface area contributed by atoms with Gasteiger partial charge >= 0.3 is 0 Å². The summed E-state index contributed by atoms with van der Waals surface area (Å²) in [6.07, 6.45) is 4.52. The summed E-state index contributed by atoms with van der Waals surface area (Å²) in [7, 11) is 0. The first kappa shape index (κ1) is 19.5. The highest BCUT2D eigenvalue weighted by Crippen LogP contribution is 2.28. The molecule has 7 heteroatoms. The smallest absolute Gasteiger partial charge is 0.253 e. The van der Waals surface area contributed by atoms with E-state index in [9.17, 15) is 14.0 Å². The molecule has 0 atom stereocenters. The zero-order valence-corrected chi connectivity index (χ0v) is 16.4. The lowest BCUT2D eigenvalue weighted by Crippen LogP contribution is -2.39. The molecule has 29 heavy (non-hydrogen) atoms. The Morgan fingerprint density at radius 2 is 1.83 bits per heavy atom. The molecule has 1 saturated carbocycles. The summed E-state index contributed by atoms with van der Waals surface area (Å²) >= 11 is 5.98. The second-order valence-electron chi connectivity index (χ2n) is 7.38. The summed E-state index contributed by atoms with van der Waals surface area (Å²) in [5.74, 6) is -0.829. The third-order valence-corrected chi connectivity index (χ3v) is 5.77. The summed E-state index contributed by atoms with van der Waals surface area (Å²) < 4.78 is 13.1. The normalized spacial score (nSPS) is 19.1. The van der Waals surface area contributed by atoms with Crippen molar-refractivity contribution in [3.8, 4) is 0 Å². The lowest BCUT2D eigenvalue weighted by Gasteiger charge is -2.28. The van der Waals surface area contributed by atoms with Gasteiger partial charge in [0.2, 0.25) is 5.91 Å². The average Bonchev–Trinajstić information content (AvgIpc) is 3.15. The molecule has 2 aromatic carbocycles. The number of nitrogens with one attached hydrogen (secondary N) is 3. The summed E-state index contributed by atoms with van der Waals surface area (Å²) in [5, 5.41) is 6.94. The highest BCUT2D eigenvalue weighted by Gasteiger charge is 2.28. The predicted octanol–water partition coefficient (Wildman–Crippen LogP) is 4.89. The Balaban J connectivity index is 1.32. The zero-order chi connectivity index (χ0) is 20.4. The Morgan fingerprint density at radius 3 is 2.59 bits per heavy atom. The van der Waals surface area contributed by atoms with E-state index in [-0.39, 0.29) is 28.8 Å². The van der Waals surface area contributed by atoms with Gasteiger partial charge in [0.05, 0.1) is 16.3 Å². The fourth-order valence-corrected chi connectivity index (χ4v) is 4.06. The van der Waals surface area contributed by atoms with Gasteiger partial charge in [-0.3, -0.25) is 9.59 Å². The molecule has 0 saturated heterocycles. The Morgan fingerprint density at radius 1 is 1.07 bits per heavy atom. The molecule has 0 bridgehead atoms. The van der Waals surface area contributed by atoms with Crippen molar-refractivity contribution in [2.24, 2.45) is 5.92 Å². The molecule has 0 radical (unpaired) electrons. The molecule has 3 aromatic rings. The van der Waals surface area contributed by atoms with Crippen molar-refractivity contribution in [2.45, 2.75) is 31.7 Å². The van der Waals surface area contributed by atoms with Gasteiger partial charge in [-0.05, 0) is 49.9 Å². The van der Waals surface area contributed by atoms with E-state index in [0.29, 0.717) is 24.1 Å². The highest BCUT2D eigenvalue weighted by molar-refractivity contribution is 6.33. The van der Waals surface area contributed by atoms with Crippen LogP contribution in [0.5, 0.6) is 0 Å². The van der Waals surface area contributed by atoms with Gasteiger partial charge in [0.1, 0.15) is 5.82 Å². The van der Waals surface area contributed by atoms with Crippen LogP contribution in [0.25, 0.3) is 10.9 Å². The number of para-hydroxylation sites is 1. The number of hydrogen-bond donors (Lipinski definition) is 3. The number of amides is 2. The van der Waals surface area contributed by atoms with Crippen molar-refractivity contribution < 1.29 is 14.0 Å². The molecule has 5 nitrogen and oxygen atoms in total. The molecule has 150 valence electrons. The Labute approximate surface area is 172 Å². The number of carbonyl (C=O) groups is 2. The number of H-pyrrole nitrogens is 1. The lowest BCUT2D eigenvalue weighted by atomic mass is 9.85. The van der Waals surface area contributed by atoms with Gasteiger partial charge in [0, 0.05) is 29.1 Å². The van der Waals surface area contributed by atoms with Crippen LogP contribution in [0.4, 0.5) is 10.1 Å². The van der Waals surface area contributed by atoms with Crippen molar-refractivity contribution in [1.82, 2.24) is 10.3 Å². The van der Waals surface area contributed by atoms with Gasteiger partial charge in [0.15, 0.2) is 0 Å². The maximum atomic E-state index is 13.1. The zero-order valence-electron chi connectivity index (χ0n) is 15.7. The third-order valence-electron chi connectivity index (χ3n) is 5.46. The molecule has 1 fully saturated rings. The van der Waals surface area contributed by atoms with Crippen molar-refractivity contribution in [2.75, 3.05) is 5.32 Å². The average molecular weight is 414 g/mol. The van der Waals surface area contributed by atoms with E-state index in [4.69, 9.17) is 11.6 Å². The highest BCUT2D eigenvalue weighted by atomic mass is 35.5. The number of aromatic nitrogens is 1. The molecular formula is C22H21ClFN3O2. The van der Waals surface area contributed by atoms with Gasteiger partial charge in [-0.2, -0.15) is 0 Å². The quantitative estimate of drug-likeness (QED) is 0.569. The van der Waals surface area contributed by atoms with Crippen LogP contribution >= 0.6 is 11.6 Å². The van der Waals surface area contributed by atoms with Crippen molar-refractivity contribution in [3.63, 3.8) is 0 Å². The molecule has 0 spiro atoms. The van der Waals surface area contributed by atoms with Gasteiger partial charge < -0.3 is 15.6 Å². The Kier molecular flexibility index (Phi) is 5.53. The van der Waals surface area contributed by atoms with Crippen LogP contribution in [0, 0.1) is 11.7 Å². The fourth-order valence-electron chi connectivity index (χ4n) is 3.85. The molecule has 1 aromatic heterocycles. The Bertz CT molecular complexity index is 1060. The predicted molar refractivity (Wildman–Crippen MR) is 112 cm³/mol. The molecule has 0 unspecified atom stereocenters. The largest absolute Gasteiger partial charge is 0.360 e. The SMILES string of the molecule is O=C(NC1CCC(C(=O)Nc2ccc(F)cc2Cl)CC1)c1c[nH]c2ccccc12. The van der Waals surface area contributed by atoms with E-state index >= 15 is 0 Å². The van der Waals surface area contributed by atoms with Crippen molar-refractivity contribution in [3.05, 3.63) is 65.1 Å². The van der Waals surface area contributed by atoms with E-state index in [1.807, 2.05) is 24.3 Å². The molecule has 1 heterocycles. The van der Waals surface area contributed by atoms with Crippen LogP contribution in [0.1, 0.15) is 36.0 Å². The first-order valence-corrected chi connectivity index (χ1v) is 10.0. The number of rotatable bonds is 4. The number of fused-ring (bicyclic) bond motifs is 1. The van der Waals surface area contributed by atoms with Crippen molar-refractivity contribution in [1.29, 1.82) is 0 Å². The molecule has 1 aliphatic rings. The van der Waals surface area contributed by atoms with Crippen LogP contribution in [0.2, 0.25) is 5.02 Å². The number of aromatic amines is 1. The van der Waals surface area contributed by atoms with E-state index in [0.717, 1.165) is 23.7 Å². The minimum absolute atomic E-state index is 0.0367. The minimum Gasteiger partial charge on any atom is -0.360 e. The molecule has 1 aliphatic carbocycles. The fraction of sp³-hybridized carbons (Fsp3) is 0.273. The number of hydrogen-bond acceptors (Lipinski definition) is 2. The van der Waals surface area contributed by atoms with Gasteiger partial charge in [-0.15, -0.1) is 0 Å². The van der Waals surface area contributed by atoms with Gasteiger partial charge in [-0.1, -0.05) is 29.8 Å². The van der Waals surface area contributed by atoms with Crippen molar-refractivity contribution >= 4 is 40.0 Å². The summed E-state index contributed by atoms with van der Waals surface area (Å²) in [5.41, 5.74) is 1.97. The van der Waals surface area contributed by atoms with Crippen LogP contribution in [0.15, 0.2) is 48.7 Å². The van der Waals surface area contributed by atoms with E-state index in [1.165, 1.54) is 18.2 Å².